The van der Waals surface area contributed by atoms with Gasteiger partial charge in [-0.15, -0.1) is 0 Å². The summed E-state index contributed by atoms with van der Waals surface area (Å²) in [5.74, 6) is -1.87. The Labute approximate surface area is 283 Å². The van der Waals surface area contributed by atoms with E-state index in [1.54, 1.807) is 54.6 Å². The van der Waals surface area contributed by atoms with Crippen LogP contribution in [-0.4, -0.2) is 66.3 Å². The summed E-state index contributed by atoms with van der Waals surface area (Å²) in [6, 6.07) is 27.4. The number of methoxy groups -OCH3 is 2. The van der Waals surface area contributed by atoms with Crippen LogP contribution in [-0.2, 0) is 29.6 Å². The number of fused-ring (bicyclic) bond motifs is 1. The molecule has 0 amide bonds. The predicted octanol–water partition coefficient (Wildman–Crippen LogP) is 5.47. The lowest BCUT2D eigenvalue weighted by molar-refractivity contribution is -0.137. The van der Waals surface area contributed by atoms with E-state index in [9.17, 15) is 36.6 Å². The molecule has 14 heteroatoms. The van der Waals surface area contributed by atoms with Crippen LogP contribution in [0.2, 0.25) is 0 Å². The number of hydrogen-bond acceptors (Lipinski definition) is 8. The minimum absolute atomic E-state index is 0.0311. The number of aliphatic carboxylic acids is 2. The van der Waals surface area contributed by atoms with Crippen molar-refractivity contribution >= 4 is 54.1 Å². The Kier molecular flexibility index (Phi) is 10.1. The molecule has 5 aromatic rings. The second kappa shape index (κ2) is 14.3. The summed E-state index contributed by atoms with van der Waals surface area (Å²) in [7, 11) is -6.11. The number of benzene rings is 5. The number of carboxylic acids is 2. The Hall–Kier alpha value is -5.60. The van der Waals surface area contributed by atoms with Gasteiger partial charge in [0.2, 0.25) is 0 Å². The summed E-state index contributed by atoms with van der Waals surface area (Å²) in [4.78, 5) is 23.8. The number of carbonyl (C=O) groups is 2. The molecule has 0 atom stereocenters. The molecule has 0 saturated heterocycles. The molecule has 254 valence electrons. The fraction of sp³-hybridized carbons (Fsp3) is 0.143. The first-order valence-electron chi connectivity index (χ1n) is 14.8. The van der Waals surface area contributed by atoms with Gasteiger partial charge in [0, 0.05) is 22.9 Å². The molecule has 0 aliphatic carbocycles. The van der Waals surface area contributed by atoms with E-state index in [-0.39, 0.29) is 37.5 Å². The van der Waals surface area contributed by atoms with Crippen LogP contribution >= 0.6 is 0 Å². The van der Waals surface area contributed by atoms with Crippen molar-refractivity contribution in [1.29, 1.82) is 0 Å². The van der Waals surface area contributed by atoms with Gasteiger partial charge in [0.15, 0.2) is 0 Å². The van der Waals surface area contributed by atoms with Crippen LogP contribution in [0.5, 0.6) is 11.5 Å². The van der Waals surface area contributed by atoms with Gasteiger partial charge < -0.3 is 19.7 Å². The first-order valence-corrected chi connectivity index (χ1v) is 17.6. The Morgan fingerprint density at radius 1 is 0.633 bits per heavy atom. The molecule has 0 aliphatic heterocycles. The maximum atomic E-state index is 14.4. The largest absolute Gasteiger partial charge is 0.497 e. The first kappa shape index (κ1) is 34.7. The molecule has 0 heterocycles. The van der Waals surface area contributed by atoms with Crippen LogP contribution in [0.4, 0.5) is 11.4 Å². The zero-order valence-corrected chi connectivity index (χ0v) is 28.0. The van der Waals surface area contributed by atoms with Gasteiger partial charge in [-0.25, -0.2) is 16.8 Å². The monoisotopic (exact) mass is 704 g/mol. The van der Waals surface area contributed by atoms with Gasteiger partial charge in [-0.1, -0.05) is 54.6 Å². The van der Waals surface area contributed by atoms with Gasteiger partial charge in [0.25, 0.3) is 20.0 Å². The third kappa shape index (κ3) is 7.15. The highest BCUT2D eigenvalue weighted by atomic mass is 32.2. The third-order valence-corrected chi connectivity index (χ3v) is 11.3. The molecular formula is C35H32N2O10S2. The van der Waals surface area contributed by atoms with Crippen molar-refractivity contribution in [3.05, 3.63) is 109 Å². The Morgan fingerprint density at radius 3 is 1.61 bits per heavy atom. The molecule has 0 radical (unpaired) electrons. The second-order valence-corrected chi connectivity index (χ2v) is 14.4. The summed E-state index contributed by atoms with van der Waals surface area (Å²) in [5.41, 5.74) is 0.736. The molecule has 12 nitrogen and oxygen atoms in total. The minimum atomic E-state index is -4.52. The molecule has 0 spiro atoms. The average Bonchev–Trinajstić information content (AvgIpc) is 3.10. The van der Waals surface area contributed by atoms with E-state index in [0.29, 0.717) is 17.1 Å². The summed E-state index contributed by atoms with van der Waals surface area (Å²) in [5, 5.41) is 20.1. The van der Waals surface area contributed by atoms with E-state index in [1.165, 1.54) is 68.8 Å². The average molecular weight is 705 g/mol. The van der Waals surface area contributed by atoms with Crippen LogP contribution in [0, 0.1) is 0 Å². The lowest BCUT2D eigenvalue weighted by atomic mass is 9.96. The van der Waals surface area contributed by atoms with E-state index in [1.807, 2.05) is 0 Å². The smallest absolute Gasteiger partial charge is 0.324 e. The summed E-state index contributed by atoms with van der Waals surface area (Å²) in [6.45, 7) is -1.44. The van der Waals surface area contributed by atoms with Crippen molar-refractivity contribution in [3.63, 3.8) is 0 Å². The number of rotatable bonds is 14. The third-order valence-electron chi connectivity index (χ3n) is 7.70. The Morgan fingerprint density at radius 2 is 1.12 bits per heavy atom. The van der Waals surface area contributed by atoms with Crippen molar-refractivity contribution in [3.8, 4) is 22.6 Å². The van der Waals surface area contributed by atoms with Crippen molar-refractivity contribution in [1.82, 2.24) is 0 Å². The minimum Gasteiger partial charge on any atom is -0.497 e. The summed E-state index contributed by atoms with van der Waals surface area (Å²) >= 11 is 0. The molecular weight excluding hydrogens is 673 g/mol. The predicted molar refractivity (Wildman–Crippen MR) is 184 cm³/mol. The van der Waals surface area contributed by atoms with Gasteiger partial charge >= 0.3 is 11.9 Å². The van der Waals surface area contributed by atoms with Crippen LogP contribution < -0.4 is 18.1 Å². The number of hydrogen-bond donors (Lipinski definition) is 2. The van der Waals surface area contributed by atoms with Crippen molar-refractivity contribution < 1.29 is 46.1 Å². The normalized spacial score (nSPS) is 11.6. The highest BCUT2D eigenvalue weighted by molar-refractivity contribution is 7.93. The van der Waals surface area contributed by atoms with Gasteiger partial charge in [0.1, 0.15) is 18.0 Å². The molecule has 0 unspecified atom stereocenters. The van der Waals surface area contributed by atoms with Gasteiger partial charge in [-0.3, -0.25) is 18.2 Å². The zero-order chi connectivity index (χ0) is 35.3. The summed E-state index contributed by atoms with van der Waals surface area (Å²) in [6.07, 6.45) is -0.559. The maximum Gasteiger partial charge on any atom is 0.324 e. The second-order valence-electron chi connectivity index (χ2n) is 10.7. The molecule has 0 aromatic heterocycles. The number of anilines is 2. The zero-order valence-electron chi connectivity index (χ0n) is 26.4. The number of ether oxygens (including phenoxy) is 2. The number of nitrogens with zero attached hydrogens (tertiary/aromatic N) is 2. The molecule has 5 rings (SSSR count). The van der Waals surface area contributed by atoms with E-state index in [2.05, 4.69) is 0 Å². The highest BCUT2D eigenvalue weighted by Gasteiger charge is 2.34. The summed E-state index contributed by atoms with van der Waals surface area (Å²) < 4.78 is 69.3. The van der Waals surface area contributed by atoms with Crippen LogP contribution in [0.1, 0.15) is 6.42 Å². The molecule has 0 fully saturated rings. The van der Waals surface area contributed by atoms with Gasteiger partial charge in [-0.05, 0) is 60.2 Å². The molecule has 49 heavy (non-hydrogen) atoms. The maximum absolute atomic E-state index is 14.4. The van der Waals surface area contributed by atoms with Crippen LogP contribution in [0.25, 0.3) is 21.9 Å². The number of carboxylic acid groups (broad SMARTS) is 2. The van der Waals surface area contributed by atoms with Crippen molar-refractivity contribution in [2.75, 3.05) is 35.9 Å². The first-order chi connectivity index (χ1) is 23.4. The van der Waals surface area contributed by atoms with E-state index in [0.717, 1.165) is 8.61 Å². The highest BCUT2D eigenvalue weighted by Crippen LogP contribution is 2.45. The lowest BCUT2D eigenvalue weighted by Crippen LogP contribution is -2.36. The Balaban J connectivity index is 1.86. The molecule has 0 aliphatic rings. The van der Waals surface area contributed by atoms with Crippen molar-refractivity contribution in [2.45, 2.75) is 16.2 Å². The lowest BCUT2D eigenvalue weighted by Gasteiger charge is -2.31. The molecule has 5 aromatic carbocycles. The van der Waals surface area contributed by atoms with E-state index < -0.39 is 51.5 Å². The molecule has 2 N–H and O–H groups in total. The van der Waals surface area contributed by atoms with E-state index >= 15 is 0 Å². The number of sulfonamides is 2. The quantitative estimate of drug-likeness (QED) is 0.151. The van der Waals surface area contributed by atoms with Crippen LogP contribution in [0.15, 0.2) is 119 Å². The Bertz CT molecular complexity index is 2210. The van der Waals surface area contributed by atoms with Gasteiger partial charge in [-0.2, -0.15) is 0 Å². The molecule has 0 saturated carbocycles. The van der Waals surface area contributed by atoms with E-state index in [4.69, 9.17) is 9.47 Å². The standard InChI is InChI=1S/C35H32N2O10S2/c1-46-25-12-16-27(17-13-25)48(42,43)36(21-20-33(38)39)35-30-11-7-6-10-29(30)32(22-31(35)24-8-4-3-5-9-24)37(23-34(40)41)49(44,45)28-18-14-26(47-2)15-19-28/h3-19,22H,20-21,23H2,1-2H3,(H,38,39)(H,40,41). The molecule has 0 bridgehead atoms. The SMILES string of the molecule is COc1ccc(S(=O)(=O)N(CC(=O)O)c2cc(-c3ccccc3)c(N(CCC(=O)O)S(=O)(=O)c3ccc(OC)cc3)c3ccccc23)cc1. The van der Waals surface area contributed by atoms with Gasteiger partial charge in [0.05, 0.1) is 41.8 Å². The fourth-order valence-electron chi connectivity index (χ4n) is 5.38. The van der Waals surface area contributed by atoms with Crippen LogP contribution in [0.3, 0.4) is 0 Å². The van der Waals surface area contributed by atoms with Crippen molar-refractivity contribution in [2.24, 2.45) is 0 Å². The fourth-order valence-corrected chi connectivity index (χ4v) is 8.30. The topological polar surface area (TPSA) is 168 Å².